The highest BCUT2D eigenvalue weighted by molar-refractivity contribution is 7.18. The maximum Gasteiger partial charge on any atom is 0.330 e. The number of aliphatic hydroxyl groups is 1. The number of anilines is 1. The van der Waals surface area contributed by atoms with E-state index in [-0.39, 0.29) is 13.2 Å². The van der Waals surface area contributed by atoms with Crippen LogP contribution in [-0.4, -0.2) is 66.6 Å². The Bertz CT molecular complexity index is 1190. The Hall–Kier alpha value is -3.21. The largest absolute Gasteiger partial charge is 0.496 e. The number of benzene rings is 1. The zero-order valence-corrected chi connectivity index (χ0v) is 29.0. The second kappa shape index (κ2) is 20.7. The number of urea groups is 1. The summed E-state index contributed by atoms with van der Waals surface area (Å²) >= 11 is 1.42. The number of hydrogen-bond acceptors (Lipinski definition) is 6. The summed E-state index contributed by atoms with van der Waals surface area (Å²) in [6, 6.07) is 3.75. The number of fused-ring (bicyclic) bond motifs is 1. The van der Waals surface area contributed by atoms with E-state index in [1.807, 2.05) is 55.4 Å². The number of halogens is 1. The van der Waals surface area contributed by atoms with Crippen molar-refractivity contribution in [3.05, 3.63) is 58.7 Å². The predicted octanol–water partition coefficient (Wildman–Crippen LogP) is 8.26. The molecule has 43 heavy (non-hydrogen) atoms. The fraction of sp³-hybridized carbons (Fsp3) is 0.515. The van der Waals surface area contributed by atoms with Gasteiger partial charge in [0.1, 0.15) is 22.1 Å². The van der Waals surface area contributed by atoms with Crippen molar-refractivity contribution in [2.45, 2.75) is 81.2 Å². The van der Waals surface area contributed by atoms with Gasteiger partial charge in [0.15, 0.2) is 0 Å². The van der Waals surface area contributed by atoms with Gasteiger partial charge < -0.3 is 19.7 Å². The number of thiophene rings is 1. The fourth-order valence-corrected chi connectivity index (χ4v) is 5.28. The van der Waals surface area contributed by atoms with Gasteiger partial charge >= 0.3 is 12.0 Å². The van der Waals surface area contributed by atoms with Gasteiger partial charge in [0.2, 0.25) is 0 Å². The molecule has 2 heterocycles. The molecule has 0 fully saturated rings. The van der Waals surface area contributed by atoms with Crippen molar-refractivity contribution >= 4 is 39.6 Å². The second-order valence-electron chi connectivity index (χ2n) is 9.02. The first-order valence-corrected chi connectivity index (χ1v) is 15.4. The highest BCUT2D eigenvalue weighted by Gasteiger charge is 2.47. The van der Waals surface area contributed by atoms with Crippen LogP contribution in [0.3, 0.4) is 0 Å². The minimum Gasteiger partial charge on any atom is -0.496 e. The number of allylic oxidation sites excluding steroid dienone is 1. The molecule has 2 N–H and O–H groups in total. The molecule has 0 atom stereocenters. The smallest absolute Gasteiger partial charge is 0.330 e. The molecule has 0 spiro atoms. The number of carbonyl (C=O) groups is 2. The van der Waals surface area contributed by atoms with E-state index in [0.717, 1.165) is 21.6 Å². The number of ether oxygens (including phenoxy) is 2. The van der Waals surface area contributed by atoms with E-state index in [4.69, 9.17) is 9.84 Å². The summed E-state index contributed by atoms with van der Waals surface area (Å²) in [5.74, 6) is -1.02. The Morgan fingerprint density at radius 1 is 1.12 bits per heavy atom. The van der Waals surface area contributed by atoms with Crippen LogP contribution >= 0.6 is 11.3 Å². The van der Waals surface area contributed by atoms with Gasteiger partial charge in [-0.1, -0.05) is 54.7 Å². The maximum atomic E-state index is 13.8. The summed E-state index contributed by atoms with van der Waals surface area (Å²) in [5, 5.41) is 18.4. The molecule has 0 saturated carbocycles. The van der Waals surface area contributed by atoms with Crippen LogP contribution in [0.4, 0.5) is 14.2 Å². The van der Waals surface area contributed by atoms with E-state index >= 15 is 0 Å². The van der Waals surface area contributed by atoms with Gasteiger partial charge in [-0.15, -0.1) is 11.3 Å². The van der Waals surface area contributed by atoms with Gasteiger partial charge in [-0.05, 0) is 69.0 Å². The van der Waals surface area contributed by atoms with Crippen LogP contribution in [0.1, 0.15) is 83.9 Å². The first-order chi connectivity index (χ1) is 20.3. The molecule has 8 nitrogen and oxygen atoms in total. The molecule has 0 radical (unpaired) electrons. The van der Waals surface area contributed by atoms with Crippen molar-refractivity contribution in [3.63, 3.8) is 0 Å². The molecule has 244 valence electrons. The lowest BCUT2D eigenvalue weighted by Gasteiger charge is -2.43. The van der Waals surface area contributed by atoms with Crippen LogP contribution in [0, 0.1) is 12.7 Å². The third kappa shape index (κ3) is 10.5. The Kier molecular flexibility index (Phi) is 20.1. The fourth-order valence-electron chi connectivity index (χ4n) is 4.01. The number of hydrogen-bond donors (Lipinski definition) is 2. The standard InChI is InChI=1S/C24H27FN2O4S.C3H8O2.3C2H6/c1-13(2)20-14(3)19-15(4)27(24(5,6)22(28)29)23(30)26(21(19)32-20)11-10-16-12-17(25)8-9-18(16)31-7;1-5-3-2-4;3*1-2/h8-9,12H,1,4,10-11H2,2-3,5-7H3,(H,28,29);4H,2-3H2,1H3;3*1-2H3. The van der Waals surface area contributed by atoms with Crippen LogP contribution in [0.15, 0.2) is 31.4 Å². The highest BCUT2D eigenvalue weighted by atomic mass is 32.1. The lowest BCUT2D eigenvalue weighted by Crippen LogP contribution is -2.58. The Morgan fingerprint density at radius 2 is 1.67 bits per heavy atom. The monoisotopic (exact) mass is 624 g/mol. The maximum absolute atomic E-state index is 13.8. The summed E-state index contributed by atoms with van der Waals surface area (Å²) in [7, 11) is 3.06. The topological polar surface area (TPSA) is 99.5 Å². The lowest BCUT2D eigenvalue weighted by atomic mass is 9.96. The second-order valence-corrected chi connectivity index (χ2v) is 10.0. The molecule has 10 heteroatoms. The van der Waals surface area contributed by atoms with E-state index in [1.54, 1.807) is 18.1 Å². The normalized spacial score (nSPS) is 11.8. The first kappa shape index (κ1) is 41.9. The molecule has 0 unspecified atom stereocenters. The molecule has 3 rings (SSSR count). The molecule has 1 aliphatic rings. The lowest BCUT2D eigenvalue weighted by molar-refractivity contribution is -0.146. The zero-order valence-electron chi connectivity index (χ0n) is 28.2. The van der Waals surface area contributed by atoms with Crippen LogP contribution in [-0.2, 0) is 16.0 Å². The molecule has 1 aliphatic heterocycles. The molecule has 0 saturated heterocycles. The summed E-state index contributed by atoms with van der Waals surface area (Å²) in [6.07, 6.45) is 0.319. The summed E-state index contributed by atoms with van der Waals surface area (Å²) in [6.45, 7) is 27.6. The van der Waals surface area contributed by atoms with E-state index in [2.05, 4.69) is 17.9 Å². The molecule has 2 amide bonds. The Morgan fingerprint density at radius 3 is 2.09 bits per heavy atom. The van der Waals surface area contributed by atoms with Crippen molar-refractivity contribution in [2.24, 2.45) is 0 Å². The molecule has 1 aromatic carbocycles. The molecular weight excluding hydrogens is 571 g/mol. The van der Waals surface area contributed by atoms with E-state index in [1.165, 1.54) is 49.3 Å². The third-order valence-electron chi connectivity index (χ3n) is 5.97. The minimum atomic E-state index is -1.52. The Balaban J connectivity index is 0. The third-order valence-corrected chi connectivity index (χ3v) is 7.44. The SMILES string of the molecule is C=C(C)c1sc2c(c1C)C(=C)N(C(C)(C)C(=O)O)C(=O)N2CCc1cc(F)ccc1OC.CC.CC.CC.COCCO. The van der Waals surface area contributed by atoms with Gasteiger partial charge in [-0.3, -0.25) is 9.80 Å². The molecule has 2 aromatic rings. The van der Waals surface area contributed by atoms with Gasteiger partial charge in [0.05, 0.1) is 26.0 Å². The van der Waals surface area contributed by atoms with Crippen molar-refractivity contribution < 1.29 is 33.7 Å². The number of aliphatic carboxylic acids is 1. The number of carboxylic acid groups (broad SMARTS) is 1. The van der Waals surface area contributed by atoms with E-state index in [0.29, 0.717) is 35.0 Å². The summed E-state index contributed by atoms with van der Waals surface area (Å²) in [4.78, 5) is 29.3. The first-order valence-electron chi connectivity index (χ1n) is 14.6. The quantitative estimate of drug-likeness (QED) is 0.291. The predicted molar refractivity (Wildman–Crippen MR) is 179 cm³/mol. The van der Waals surface area contributed by atoms with Crippen LogP contribution < -0.4 is 9.64 Å². The number of aliphatic hydroxyl groups excluding tert-OH is 1. The van der Waals surface area contributed by atoms with Gasteiger partial charge in [-0.2, -0.15) is 0 Å². The highest BCUT2D eigenvalue weighted by Crippen LogP contribution is 2.48. The van der Waals surface area contributed by atoms with E-state index < -0.39 is 23.4 Å². The number of nitrogens with zero attached hydrogens (tertiary/aromatic N) is 2. The van der Waals surface area contributed by atoms with Crippen molar-refractivity contribution in [3.8, 4) is 5.75 Å². The van der Waals surface area contributed by atoms with Crippen molar-refractivity contribution in [1.29, 1.82) is 0 Å². The zero-order chi connectivity index (χ0) is 34.1. The van der Waals surface area contributed by atoms with Gasteiger partial charge in [-0.25, -0.2) is 14.0 Å². The summed E-state index contributed by atoms with van der Waals surface area (Å²) < 4.78 is 23.6. The van der Waals surface area contributed by atoms with Crippen LogP contribution in [0.5, 0.6) is 5.75 Å². The average molecular weight is 625 g/mol. The Labute approximate surface area is 262 Å². The average Bonchev–Trinajstić information content (AvgIpc) is 3.34. The number of amides is 2. The molecular formula is C33H53FN2O6S. The molecule has 0 aliphatic carbocycles. The van der Waals surface area contributed by atoms with Crippen molar-refractivity contribution in [2.75, 3.05) is 38.9 Å². The van der Waals surface area contributed by atoms with Crippen LogP contribution in [0.2, 0.25) is 0 Å². The number of carboxylic acids is 1. The number of carbonyl (C=O) groups excluding carboxylic acids is 1. The molecule has 0 bridgehead atoms. The van der Waals surface area contributed by atoms with Gasteiger partial charge in [0.25, 0.3) is 0 Å². The molecule has 1 aromatic heterocycles. The van der Waals surface area contributed by atoms with E-state index in [9.17, 15) is 19.1 Å². The minimum absolute atomic E-state index is 0.122. The van der Waals surface area contributed by atoms with Crippen LogP contribution in [0.25, 0.3) is 11.3 Å². The van der Waals surface area contributed by atoms with Gasteiger partial charge in [0, 0.05) is 24.1 Å². The number of methoxy groups -OCH3 is 2. The van der Waals surface area contributed by atoms with Crippen molar-refractivity contribution in [1.82, 2.24) is 4.90 Å². The summed E-state index contributed by atoms with van der Waals surface area (Å²) in [5.41, 5.74) is 1.92. The number of rotatable bonds is 9.